The molecule has 4 aliphatic carbocycles. The number of anilines is 1. The maximum atomic E-state index is 13.6. The summed E-state index contributed by atoms with van der Waals surface area (Å²) in [4.78, 5) is 17.8. The summed E-state index contributed by atoms with van der Waals surface area (Å²) in [5.74, 6) is 2.15. The van der Waals surface area contributed by atoms with Crippen molar-refractivity contribution < 1.29 is 9.53 Å². The van der Waals surface area contributed by atoms with Gasteiger partial charge in [-0.1, -0.05) is 30.3 Å². The van der Waals surface area contributed by atoms with Crippen LogP contribution < -0.4 is 10.1 Å². The molecule has 4 saturated carbocycles. The van der Waals surface area contributed by atoms with Crippen molar-refractivity contribution in [2.75, 3.05) is 5.32 Å². The fourth-order valence-corrected chi connectivity index (χ4v) is 6.84. The molecule has 4 aliphatic rings. The summed E-state index contributed by atoms with van der Waals surface area (Å²) < 4.78 is 7.93. The van der Waals surface area contributed by atoms with E-state index in [-0.39, 0.29) is 16.9 Å². The van der Waals surface area contributed by atoms with E-state index in [9.17, 15) is 4.79 Å². The van der Waals surface area contributed by atoms with Crippen LogP contribution in [0, 0.1) is 17.3 Å². The predicted molar refractivity (Wildman–Crippen MR) is 121 cm³/mol. The molecule has 7 rings (SSSR count). The summed E-state index contributed by atoms with van der Waals surface area (Å²) >= 11 is 0. The molecular formula is C26H28N4O2. The van der Waals surface area contributed by atoms with Crippen molar-refractivity contribution in [2.24, 2.45) is 17.3 Å². The summed E-state index contributed by atoms with van der Waals surface area (Å²) in [6, 6.07) is 17.8. The molecule has 4 bridgehead atoms. The third kappa shape index (κ3) is 3.38. The van der Waals surface area contributed by atoms with E-state index in [4.69, 9.17) is 4.74 Å². The molecule has 2 aromatic carbocycles. The molecular weight excluding hydrogens is 400 g/mol. The van der Waals surface area contributed by atoms with E-state index < -0.39 is 0 Å². The van der Waals surface area contributed by atoms with E-state index >= 15 is 0 Å². The quantitative estimate of drug-likeness (QED) is 0.613. The first-order valence-corrected chi connectivity index (χ1v) is 11.6. The van der Waals surface area contributed by atoms with Crippen LogP contribution in [0.2, 0.25) is 0 Å². The number of hydrogen-bond donors (Lipinski definition) is 1. The summed E-state index contributed by atoms with van der Waals surface area (Å²) in [5.41, 5.74) is 1.60. The summed E-state index contributed by atoms with van der Waals surface area (Å²) in [6.07, 6.45) is 9.79. The molecule has 3 aromatic rings. The zero-order valence-corrected chi connectivity index (χ0v) is 18.1. The second-order valence-electron chi connectivity index (χ2n) is 10.1. The monoisotopic (exact) mass is 428 g/mol. The van der Waals surface area contributed by atoms with E-state index in [0.29, 0.717) is 18.4 Å². The lowest BCUT2D eigenvalue weighted by atomic mass is 9.46. The smallest absolute Gasteiger partial charge is 0.230 e. The second kappa shape index (κ2) is 7.47. The van der Waals surface area contributed by atoms with E-state index in [1.807, 2.05) is 65.6 Å². The van der Waals surface area contributed by atoms with E-state index in [1.165, 1.54) is 6.42 Å². The van der Waals surface area contributed by atoms with Crippen LogP contribution in [0.25, 0.3) is 0 Å². The van der Waals surface area contributed by atoms with Gasteiger partial charge in [0.05, 0.1) is 11.0 Å². The highest BCUT2D eigenvalue weighted by atomic mass is 16.5. The Morgan fingerprint density at radius 3 is 2.47 bits per heavy atom. The molecule has 32 heavy (non-hydrogen) atoms. The Morgan fingerprint density at radius 2 is 1.78 bits per heavy atom. The van der Waals surface area contributed by atoms with E-state index in [2.05, 4.69) is 15.4 Å². The Kier molecular flexibility index (Phi) is 4.56. The van der Waals surface area contributed by atoms with Crippen molar-refractivity contribution in [1.29, 1.82) is 0 Å². The second-order valence-corrected chi connectivity index (χ2v) is 10.1. The minimum Gasteiger partial charge on any atom is -0.489 e. The molecule has 0 saturated heterocycles. The minimum absolute atomic E-state index is 0.0486. The summed E-state index contributed by atoms with van der Waals surface area (Å²) in [6.45, 7) is 0.531. The number of aromatic nitrogens is 3. The fraction of sp³-hybridized carbons (Fsp3) is 0.423. The first kappa shape index (κ1) is 19.5. The predicted octanol–water partition coefficient (Wildman–Crippen LogP) is 4.79. The van der Waals surface area contributed by atoms with Gasteiger partial charge in [-0.3, -0.25) is 4.79 Å². The van der Waals surface area contributed by atoms with Gasteiger partial charge in [-0.05, 0) is 80.2 Å². The van der Waals surface area contributed by atoms with Gasteiger partial charge in [0, 0.05) is 5.69 Å². The molecule has 164 valence electrons. The van der Waals surface area contributed by atoms with Crippen LogP contribution in [0.15, 0.2) is 67.3 Å². The number of nitrogens with zero attached hydrogens (tertiary/aromatic N) is 3. The van der Waals surface area contributed by atoms with Gasteiger partial charge in [0.2, 0.25) is 5.91 Å². The van der Waals surface area contributed by atoms with Crippen molar-refractivity contribution in [3.05, 3.63) is 72.8 Å². The standard InChI is InChI=1S/C26H28N4O2/c31-24(29-22-6-8-23(9-7-22)32-15-19-4-2-1-3-5-19)25-11-20-10-21(12-25)14-26(13-20,16-25)30-18-27-17-28-30/h1-9,17-18,20-21H,10-16H2,(H,29,31)/t20-,21-,25?,26?/m1/s1. The molecule has 0 unspecified atom stereocenters. The Morgan fingerprint density at radius 1 is 1.03 bits per heavy atom. The van der Waals surface area contributed by atoms with Gasteiger partial charge >= 0.3 is 0 Å². The molecule has 1 amide bonds. The van der Waals surface area contributed by atoms with Crippen molar-refractivity contribution in [3.63, 3.8) is 0 Å². The maximum Gasteiger partial charge on any atom is 0.230 e. The summed E-state index contributed by atoms with van der Waals surface area (Å²) in [5, 5.41) is 7.71. The van der Waals surface area contributed by atoms with Gasteiger partial charge in [-0.2, -0.15) is 5.10 Å². The van der Waals surface area contributed by atoms with Crippen LogP contribution in [-0.4, -0.2) is 20.7 Å². The van der Waals surface area contributed by atoms with Crippen LogP contribution in [0.3, 0.4) is 0 Å². The molecule has 1 heterocycles. The van der Waals surface area contributed by atoms with Crippen LogP contribution in [0.5, 0.6) is 5.75 Å². The average Bonchev–Trinajstić information content (AvgIpc) is 3.35. The average molecular weight is 429 g/mol. The third-order valence-corrected chi connectivity index (χ3v) is 7.78. The van der Waals surface area contributed by atoms with Crippen molar-refractivity contribution in [2.45, 2.75) is 50.7 Å². The zero-order valence-electron chi connectivity index (χ0n) is 18.1. The number of carbonyl (C=O) groups excluding carboxylic acids is 1. The van der Waals surface area contributed by atoms with Crippen LogP contribution >= 0.6 is 0 Å². The molecule has 1 aromatic heterocycles. The molecule has 6 heteroatoms. The molecule has 0 aliphatic heterocycles. The first-order valence-electron chi connectivity index (χ1n) is 11.6. The number of ether oxygens (including phenoxy) is 1. The maximum absolute atomic E-state index is 13.6. The molecule has 0 spiro atoms. The Labute approximate surface area is 188 Å². The van der Waals surface area contributed by atoms with Gasteiger partial charge < -0.3 is 10.1 Å². The van der Waals surface area contributed by atoms with Gasteiger partial charge in [0.15, 0.2) is 0 Å². The molecule has 6 nitrogen and oxygen atoms in total. The van der Waals surface area contributed by atoms with Crippen molar-refractivity contribution in [1.82, 2.24) is 14.8 Å². The number of rotatable bonds is 6. The lowest BCUT2D eigenvalue weighted by Crippen LogP contribution is -2.60. The Hall–Kier alpha value is -3.15. The Bertz CT molecular complexity index is 1080. The van der Waals surface area contributed by atoms with Gasteiger partial charge in [0.25, 0.3) is 0 Å². The number of carbonyl (C=O) groups is 1. The Balaban J connectivity index is 1.16. The van der Waals surface area contributed by atoms with Crippen molar-refractivity contribution >= 4 is 11.6 Å². The number of nitrogens with one attached hydrogen (secondary N) is 1. The number of hydrogen-bond acceptors (Lipinski definition) is 4. The highest BCUT2D eigenvalue weighted by Gasteiger charge is 2.61. The fourth-order valence-electron chi connectivity index (χ4n) is 6.84. The van der Waals surface area contributed by atoms with Gasteiger partial charge in [-0.25, -0.2) is 9.67 Å². The highest BCUT2D eigenvalue weighted by molar-refractivity contribution is 5.95. The van der Waals surface area contributed by atoms with E-state index in [1.54, 1.807) is 6.33 Å². The van der Waals surface area contributed by atoms with Crippen LogP contribution in [-0.2, 0) is 16.9 Å². The van der Waals surface area contributed by atoms with Gasteiger partial charge in [0.1, 0.15) is 25.0 Å². The number of amides is 1. The molecule has 0 radical (unpaired) electrons. The normalized spacial score (nSPS) is 30.2. The highest BCUT2D eigenvalue weighted by Crippen LogP contribution is 2.64. The van der Waals surface area contributed by atoms with Crippen LogP contribution in [0.4, 0.5) is 5.69 Å². The zero-order chi connectivity index (χ0) is 21.6. The lowest BCUT2D eigenvalue weighted by Gasteiger charge is -2.60. The minimum atomic E-state index is -0.307. The lowest BCUT2D eigenvalue weighted by molar-refractivity contribution is -0.150. The first-order chi connectivity index (χ1) is 15.6. The molecule has 4 fully saturated rings. The summed E-state index contributed by atoms with van der Waals surface area (Å²) in [7, 11) is 0. The third-order valence-electron chi connectivity index (χ3n) is 7.78. The largest absolute Gasteiger partial charge is 0.489 e. The molecule has 1 N–H and O–H groups in total. The van der Waals surface area contributed by atoms with Crippen LogP contribution in [0.1, 0.15) is 44.1 Å². The SMILES string of the molecule is O=C(Nc1ccc(OCc2ccccc2)cc1)C12C[C@H]3C[C@H](C1)CC(n1cncn1)(C3)C2. The van der Waals surface area contributed by atoms with Gasteiger partial charge in [-0.15, -0.1) is 0 Å². The molecule has 2 atom stereocenters. The number of benzene rings is 2. The van der Waals surface area contributed by atoms with E-state index in [0.717, 1.165) is 49.1 Å². The topological polar surface area (TPSA) is 69.0 Å². The van der Waals surface area contributed by atoms with Crippen molar-refractivity contribution in [3.8, 4) is 5.75 Å².